The van der Waals surface area contributed by atoms with E-state index in [-0.39, 0.29) is 42.2 Å². The minimum Gasteiger partial charge on any atom is -0.353 e. The third kappa shape index (κ3) is 4.54. The average molecular weight is 447 g/mol. The van der Waals surface area contributed by atoms with E-state index >= 15 is 0 Å². The first-order valence-electron chi connectivity index (χ1n) is 10.0. The van der Waals surface area contributed by atoms with E-state index in [1.54, 1.807) is 13.8 Å². The summed E-state index contributed by atoms with van der Waals surface area (Å²) in [6, 6.07) is -0.266. The lowest BCUT2D eigenvalue weighted by molar-refractivity contribution is -0.127. The van der Waals surface area contributed by atoms with Crippen molar-refractivity contribution in [3.05, 3.63) is 11.6 Å². The maximum Gasteiger partial charge on any atom is 0.247 e. The second-order valence-electron chi connectivity index (χ2n) is 8.34. The Bertz CT molecular complexity index is 615. The zero-order chi connectivity index (χ0) is 19.7. The van der Waals surface area contributed by atoms with E-state index in [1.165, 1.54) is 0 Å². The van der Waals surface area contributed by atoms with Crippen LogP contribution in [-0.4, -0.2) is 41.1 Å². The summed E-state index contributed by atoms with van der Waals surface area (Å²) in [6.45, 7) is 3.48. The van der Waals surface area contributed by atoms with Crippen LogP contribution in [0.5, 0.6) is 0 Å². The summed E-state index contributed by atoms with van der Waals surface area (Å²) in [5.74, 6) is -1.26. The molecule has 7 heteroatoms. The molecule has 0 aromatic carbocycles. The molecular weight excluding hydrogens is 418 g/mol. The summed E-state index contributed by atoms with van der Waals surface area (Å²) in [6.07, 6.45) is 3.36. The van der Waals surface area contributed by atoms with Gasteiger partial charge in [-0.15, -0.1) is 0 Å². The maximum absolute atomic E-state index is 14.2. The molecule has 0 aromatic heterocycles. The van der Waals surface area contributed by atoms with Gasteiger partial charge in [-0.05, 0) is 39.5 Å². The minimum absolute atomic E-state index is 0.0936. The molecule has 0 saturated heterocycles. The minimum atomic E-state index is -1.24. The van der Waals surface area contributed by atoms with E-state index in [2.05, 4.69) is 26.6 Å². The third-order valence-electron chi connectivity index (χ3n) is 6.46. The van der Waals surface area contributed by atoms with Crippen molar-refractivity contribution in [2.24, 2.45) is 17.8 Å². The van der Waals surface area contributed by atoms with Crippen molar-refractivity contribution in [1.82, 2.24) is 10.6 Å². The van der Waals surface area contributed by atoms with Crippen LogP contribution in [0.25, 0.3) is 0 Å². The summed E-state index contributed by atoms with van der Waals surface area (Å²) >= 11 is 3.70. The van der Waals surface area contributed by atoms with Crippen molar-refractivity contribution in [3.8, 4) is 0 Å². The smallest absolute Gasteiger partial charge is 0.247 e. The Kier molecular flexibility index (Phi) is 6.59. The number of fused-ring (bicyclic) bond motifs is 1. The number of carbonyl (C=O) groups is 2. The average Bonchev–Trinajstić information content (AvgIpc) is 2.60. The van der Waals surface area contributed by atoms with Crippen molar-refractivity contribution in [1.29, 1.82) is 0 Å². The van der Waals surface area contributed by atoms with Gasteiger partial charge in [-0.1, -0.05) is 28.4 Å². The summed E-state index contributed by atoms with van der Waals surface area (Å²) in [7, 11) is 0. The molecule has 0 aromatic rings. The van der Waals surface area contributed by atoms with Crippen molar-refractivity contribution in [2.75, 3.05) is 0 Å². The fourth-order valence-corrected chi connectivity index (χ4v) is 5.53. The highest BCUT2D eigenvalue weighted by molar-refractivity contribution is 9.09. The molecule has 0 bridgehead atoms. The molecular formula is C20H29BrF2N2O2. The van der Waals surface area contributed by atoms with Crippen LogP contribution in [-0.2, 0) is 9.59 Å². The van der Waals surface area contributed by atoms with Crippen LogP contribution in [0, 0.1) is 17.8 Å². The molecule has 152 valence electrons. The number of carbonyl (C=O) groups excluding carboxylic acids is 2. The Hall–Kier alpha value is -0.980. The monoisotopic (exact) mass is 446 g/mol. The maximum atomic E-state index is 14.2. The number of alkyl halides is 3. The molecule has 2 fully saturated rings. The van der Waals surface area contributed by atoms with Crippen LogP contribution in [0.15, 0.2) is 11.6 Å². The SMILES string of the molecule is CC(C(=O)N[C@@H](C)C1CCC(F)CC1F)C1=CC2C(Br)CCCC2NC1=O. The van der Waals surface area contributed by atoms with E-state index < -0.39 is 18.3 Å². The van der Waals surface area contributed by atoms with E-state index in [9.17, 15) is 18.4 Å². The number of nitrogens with one attached hydrogen (secondary N) is 2. The second kappa shape index (κ2) is 8.58. The molecule has 2 aliphatic carbocycles. The van der Waals surface area contributed by atoms with Crippen LogP contribution in [0.1, 0.15) is 52.4 Å². The molecule has 1 aliphatic heterocycles. The fraction of sp³-hybridized carbons (Fsp3) is 0.800. The Morgan fingerprint density at radius 1 is 1.26 bits per heavy atom. The topological polar surface area (TPSA) is 58.2 Å². The standard InChI is InChI=1S/C20H29BrF2N2O2/c1-10(14-9-15-16(21)4-3-5-18(15)25-20(14)27)19(26)24-11(2)13-7-6-12(22)8-17(13)23/h9-13,15-18H,3-8H2,1-2H3,(H,24,26)(H,25,27)/t10?,11-,12?,13?,15?,16?,17?,18?/m0/s1. The highest BCUT2D eigenvalue weighted by atomic mass is 79.9. The van der Waals surface area contributed by atoms with E-state index in [0.29, 0.717) is 23.2 Å². The van der Waals surface area contributed by atoms with Gasteiger partial charge >= 0.3 is 0 Å². The Morgan fingerprint density at radius 3 is 2.70 bits per heavy atom. The number of halogens is 3. The molecule has 8 atom stereocenters. The van der Waals surface area contributed by atoms with Crippen LogP contribution < -0.4 is 10.6 Å². The Morgan fingerprint density at radius 2 is 2.00 bits per heavy atom. The molecule has 27 heavy (non-hydrogen) atoms. The lowest BCUT2D eigenvalue weighted by Gasteiger charge is -2.39. The van der Waals surface area contributed by atoms with Gasteiger partial charge in [-0.3, -0.25) is 9.59 Å². The lowest BCUT2D eigenvalue weighted by atomic mass is 9.78. The van der Waals surface area contributed by atoms with E-state index in [1.807, 2.05) is 6.08 Å². The lowest BCUT2D eigenvalue weighted by Crippen LogP contribution is -2.51. The van der Waals surface area contributed by atoms with Gasteiger partial charge in [-0.2, -0.15) is 0 Å². The van der Waals surface area contributed by atoms with Gasteiger partial charge in [0.25, 0.3) is 0 Å². The third-order valence-corrected chi connectivity index (χ3v) is 7.53. The highest BCUT2D eigenvalue weighted by Crippen LogP contribution is 2.36. The Balaban J connectivity index is 1.65. The number of hydrogen-bond donors (Lipinski definition) is 2. The molecule has 2 N–H and O–H groups in total. The van der Waals surface area contributed by atoms with E-state index in [4.69, 9.17) is 0 Å². The van der Waals surface area contributed by atoms with Crippen molar-refractivity contribution >= 4 is 27.7 Å². The quantitative estimate of drug-likeness (QED) is 0.648. The number of rotatable bonds is 4. The first-order valence-corrected chi connectivity index (χ1v) is 10.9. The Labute approximate surface area is 168 Å². The number of hydrogen-bond acceptors (Lipinski definition) is 2. The van der Waals surface area contributed by atoms with Crippen LogP contribution in [0.3, 0.4) is 0 Å². The van der Waals surface area contributed by atoms with Gasteiger partial charge in [-0.25, -0.2) is 8.78 Å². The summed E-state index contributed by atoms with van der Waals surface area (Å²) in [5, 5.41) is 5.91. The molecule has 1 heterocycles. The zero-order valence-corrected chi connectivity index (χ0v) is 17.5. The largest absolute Gasteiger partial charge is 0.353 e. The molecule has 7 unspecified atom stereocenters. The molecule has 3 aliphatic rings. The normalized spacial score (nSPS) is 38.9. The van der Waals surface area contributed by atoms with Gasteiger partial charge < -0.3 is 10.6 Å². The fourth-order valence-electron chi connectivity index (χ4n) is 4.69. The second-order valence-corrected chi connectivity index (χ2v) is 9.51. The molecule has 2 amide bonds. The van der Waals surface area contributed by atoms with Gasteiger partial charge in [0.2, 0.25) is 11.8 Å². The van der Waals surface area contributed by atoms with Crippen LogP contribution >= 0.6 is 15.9 Å². The summed E-state index contributed by atoms with van der Waals surface area (Å²) < 4.78 is 27.5. The predicted molar refractivity (Wildman–Crippen MR) is 104 cm³/mol. The van der Waals surface area contributed by atoms with Crippen LogP contribution in [0.2, 0.25) is 0 Å². The summed E-state index contributed by atoms with van der Waals surface area (Å²) in [4.78, 5) is 25.5. The van der Waals surface area contributed by atoms with Gasteiger partial charge in [0.15, 0.2) is 0 Å². The van der Waals surface area contributed by atoms with Crippen molar-refractivity contribution < 1.29 is 18.4 Å². The van der Waals surface area contributed by atoms with Gasteiger partial charge in [0.05, 0.1) is 5.92 Å². The van der Waals surface area contributed by atoms with E-state index in [0.717, 1.165) is 19.3 Å². The first kappa shape index (κ1) is 20.7. The first-order chi connectivity index (χ1) is 12.8. The predicted octanol–water partition coefficient (Wildman–Crippen LogP) is 3.59. The number of amides is 2. The molecule has 0 spiro atoms. The molecule has 2 saturated carbocycles. The highest BCUT2D eigenvalue weighted by Gasteiger charge is 2.39. The molecule has 3 rings (SSSR count). The van der Waals surface area contributed by atoms with Crippen LogP contribution in [0.4, 0.5) is 8.78 Å². The molecule has 4 nitrogen and oxygen atoms in total. The van der Waals surface area contributed by atoms with Crippen molar-refractivity contribution in [3.63, 3.8) is 0 Å². The van der Waals surface area contributed by atoms with Gasteiger partial charge in [0.1, 0.15) is 12.3 Å². The van der Waals surface area contributed by atoms with Crippen molar-refractivity contribution in [2.45, 2.75) is 81.6 Å². The summed E-state index contributed by atoms with van der Waals surface area (Å²) in [5.41, 5.74) is 0.483. The van der Waals surface area contributed by atoms with Gasteiger partial charge in [0, 0.05) is 40.7 Å². The molecule has 0 radical (unpaired) electrons. The zero-order valence-electron chi connectivity index (χ0n) is 15.9.